The van der Waals surface area contributed by atoms with Gasteiger partial charge in [-0.1, -0.05) is 23.7 Å². The van der Waals surface area contributed by atoms with Crippen molar-refractivity contribution >= 4 is 28.5 Å². The van der Waals surface area contributed by atoms with Crippen LogP contribution in [0.25, 0.3) is 11.0 Å². The molecular formula is C20H20ClN3O2. The van der Waals surface area contributed by atoms with E-state index < -0.39 is 5.60 Å². The molecule has 1 aliphatic heterocycles. The molecule has 0 atom stereocenters. The molecule has 3 aromatic rings. The lowest BCUT2D eigenvalue weighted by atomic mass is 9.84. The van der Waals surface area contributed by atoms with Crippen LogP contribution in [0.5, 0.6) is 0 Å². The molecule has 5 nitrogen and oxygen atoms in total. The number of nitrogens with one attached hydrogen (secondary N) is 1. The van der Waals surface area contributed by atoms with Gasteiger partial charge >= 0.3 is 0 Å². The first-order valence-electron chi connectivity index (χ1n) is 8.69. The maximum absolute atomic E-state index is 12.8. The molecule has 2 aromatic carbocycles. The van der Waals surface area contributed by atoms with E-state index in [4.69, 9.17) is 11.6 Å². The number of likely N-dealkylation sites (tertiary alicyclic amines) is 1. The predicted molar refractivity (Wildman–Crippen MR) is 101 cm³/mol. The average Bonchev–Trinajstić information content (AvgIpc) is 3.01. The maximum Gasteiger partial charge on any atom is 0.253 e. The average molecular weight is 370 g/mol. The van der Waals surface area contributed by atoms with Gasteiger partial charge in [-0.05, 0) is 55.7 Å². The summed E-state index contributed by atoms with van der Waals surface area (Å²) in [6.45, 7) is 2.92. The minimum atomic E-state index is -0.911. The number of piperidine rings is 1. The van der Waals surface area contributed by atoms with Crippen molar-refractivity contribution in [1.29, 1.82) is 0 Å². The molecule has 0 saturated carbocycles. The Hall–Kier alpha value is -2.37. The fourth-order valence-corrected chi connectivity index (χ4v) is 3.71. The number of hydrogen-bond acceptors (Lipinski definition) is 3. The lowest BCUT2D eigenvalue weighted by Gasteiger charge is -2.38. The third kappa shape index (κ3) is 3.08. The molecule has 1 saturated heterocycles. The Kier molecular flexibility index (Phi) is 4.21. The van der Waals surface area contributed by atoms with Crippen LogP contribution in [0.15, 0.2) is 42.5 Å². The molecule has 1 amide bonds. The van der Waals surface area contributed by atoms with Gasteiger partial charge in [-0.2, -0.15) is 0 Å². The van der Waals surface area contributed by atoms with Crippen molar-refractivity contribution in [3.05, 3.63) is 64.4 Å². The van der Waals surface area contributed by atoms with Gasteiger partial charge in [0.2, 0.25) is 0 Å². The van der Waals surface area contributed by atoms with E-state index in [2.05, 4.69) is 9.97 Å². The van der Waals surface area contributed by atoms with Crippen molar-refractivity contribution in [2.75, 3.05) is 13.1 Å². The zero-order chi connectivity index (χ0) is 18.3. The van der Waals surface area contributed by atoms with Gasteiger partial charge in [0, 0.05) is 23.7 Å². The van der Waals surface area contributed by atoms with E-state index in [9.17, 15) is 9.90 Å². The zero-order valence-electron chi connectivity index (χ0n) is 14.5. The fraction of sp³-hybridized carbons (Fsp3) is 0.300. The minimum Gasteiger partial charge on any atom is -0.385 e. The number of nitrogens with zero attached hydrogens (tertiary/aromatic N) is 2. The van der Waals surface area contributed by atoms with E-state index in [1.54, 1.807) is 17.0 Å². The smallest absolute Gasteiger partial charge is 0.253 e. The van der Waals surface area contributed by atoms with E-state index in [0.29, 0.717) is 36.5 Å². The number of H-pyrrole nitrogens is 1. The van der Waals surface area contributed by atoms with Gasteiger partial charge in [0.1, 0.15) is 5.82 Å². The highest BCUT2D eigenvalue weighted by molar-refractivity contribution is 6.30. The summed E-state index contributed by atoms with van der Waals surface area (Å²) in [4.78, 5) is 22.2. The number of fused-ring (bicyclic) bond motifs is 1. The number of aromatic amines is 1. The van der Waals surface area contributed by atoms with Crippen LogP contribution in [0.1, 0.15) is 34.6 Å². The number of benzene rings is 2. The quantitative estimate of drug-likeness (QED) is 0.724. The molecular weight excluding hydrogens is 350 g/mol. The van der Waals surface area contributed by atoms with Crippen LogP contribution in [0, 0.1) is 6.92 Å². The molecule has 6 heteroatoms. The molecule has 2 N–H and O–H groups in total. The van der Waals surface area contributed by atoms with Crippen LogP contribution in [-0.4, -0.2) is 39.0 Å². The minimum absolute atomic E-state index is 0.0164. The molecule has 134 valence electrons. The van der Waals surface area contributed by atoms with Gasteiger partial charge in [0.05, 0.1) is 16.6 Å². The second-order valence-corrected chi connectivity index (χ2v) is 7.32. The van der Waals surface area contributed by atoms with Gasteiger partial charge < -0.3 is 15.0 Å². The van der Waals surface area contributed by atoms with Crippen LogP contribution in [0.3, 0.4) is 0 Å². The van der Waals surface area contributed by atoms with Gasteiger partial charge in [0.25, 0.3) is 5.91 Å². The third-order valence-corrected chi connectivity index (χ3v) is 5.36. The summed E-state index contributed by atoms with van der Waals surface area (Å²) in [5.74, 6) is 0.813. The topological polar surface area (TPSA) is 69.2 Å². The first-order valence-corrected chi connectivity index (χ1v) is 9.06. The van der Waals surface area contributed by atoms with Crippen molar-refractivity contribution < 1.29 is 9.90 Å². The first kappa shape index (κ1) is 17.1. The Morgan fingerprint density at radius 3 is 2.58 bits per heavy atom. The number of aryl methyl sites for hydroxylation is 1. The molecule has 0 bridgehead atoms. The molecule has 0 unspecified atom stereocenters. The van der Waals surface area contributed by atoms with Gasteiger partial charge in [-0.3, -0.25) is 4.79 Å². The summed E-state index contributed by atoms with van der Waals surface area (Å²) in [5.41, 5.74) is 2.30. The van der Waals surface area contributed by atoms with Gasteiger partial charge in [-0.25, -0.2) is 4.98 Å². The predicted octanol–water partition coefficient (Wildman–Crippen LogP) is 3.65. The largest absolute Gasteiger partial charge is 0.385 e. The molecule has 26 heavy (non-hydrogen) atoms. The number of aromatic nitrogens is 2. The Morgan fingerprint density at radius 2 is 1.88 bits per heavy atom. The highest BCUT2D eigenvalue weighted by atomic mass is 35.5. The van der Waals surface area contributed by atoms with E-state index in [1.807, 2.05) is 37.3 Å². The van der Waals surface area contributed by atoms with E-state index in [-0.39, 0.29) is 5.91 Å². The lowest BCUT2D eigenvalue weighted by molar-refractivity contribution is -0.0211. The van der Waals surface area contributed by atoms with E-state index in [1.165, 1.54) is 0 Å². The summed E-state index contributed by atoms with van der Waals surface area (Å²) >= 11 is 5.93. The maximum atomic E-state index is 12.8. The van der Waals surface area contributed by atoms with Crippen molar-refractivity contribution in [1.82, 2.24) is 14.9 Å². The second kappa shape index (κ2) is 6.41. The third-order valence-electron chi connectivity index (χ3n) is 5.11. The van der Waals surface area contributed by atoms with Crippen molar-refractivity contribution in [3.63, 3.8) is 0 Å². The van der Waals surface area contributed by atoms with Crippen molar-refractivity contribution in [2.24, 2.45) is 0 Å². The van der Waals surface area contributed by atoms with Crippen LogP contribution >= 0.6 is 11.6 Å². The number of halogens is 1. The molecule has 4 rings (SSSR count). The zero-order valence-corrected chi connectivity index (χ0v) is 15.3. The first-order chi connectivity index (χ1) is 12.4. The van der Waals surface area contributed by atoms with Gasteiger partial charge in [0.15, 0.2) is 0 Å². The Balaban J connectivity index is 1.49. The number of rotatable bonds is 2. The van der Waals surface area contributed by atoms with E-state index in [0.717, 1.165) is 22.4 Å². The molecule has 1 aromatic heterocycles. The highest BCUT2D eigenvalue weighted by Gasteiger charge is 2.35. The Bertz CT molecular complexity index is 957. The van der Waals surface area contributed by atoms with Crippen LogP contribution in [0.2, 0.25) is 5.02 Å². The normalized spacial score (nSPS) is 16.8. The van der Waals surface area contributed by atoms with Gasteiger partial charge in [-0.15, -0.1) is 0 Å². The van der Waals surface area contributed by atoms with E-state index >= 15 is 0 Å². The fourth-order valence-electron chi connectivity index (χ4n) is 3.58. The summed E-state index contributed by atoms with van der Waals surface area (Å²) in [6.07, 6.45) is 1.01. The molecule has 0 spiro atoms. The Morgan fingerprint density at radius 1 is 1.19 bits per heavy atom. The number of aliphatic hydroxyl groups is 1. The SMILES string of the molecule is Cc1nc2ccc(C(=O)N3CCC(O)(c4ccc(Cl)cc4)CC3)cc2[nH]1. The lowest BCUT2D eigenvalue weighted by Crippen LogP contribution is -2.45. The monoisotopic (exact) mass is 369 g/mol. The number of imidazole rings is 1. The summed E-state index contributed by atoms with van der Waals surface area (Å²) < 4.78 is 0. The number of carbonyl (C=O) groups excluding carboxylic acids is 1. The van der Waals surface area contributed by atoms with Crippen LogP contribution in [0.4, 0.5) is 0 Å². The number of hydrogen-bond donors (Lipinski definition) is 2. The standard InChI is InChI=1S/C20H20ClN3O2/c1-13-22-17-7-2-14(12-18(17)23-13)19(25)24-10-8-20(26,9-11-24)15-3-5-16(21)6-4-15/h2-7,12,26H,8-11H2,1H3,(H,22,23). The molecule has 0 radical (unpaired) electrons. The Labute approximate surface area is 156 Å². The molecule has 1 fully saturated rings. The molecule has 2 heterocycles. The highest BCUT2D eigenvalue weighted by Crippen LogP contribution is 2.34. The molecule has 0 aliphatic carbocycles. The number of amides is 1. The van der Waals surface area contributed by atoms with Crippen LogP contribution in [-0.2, 0) is 5.60 Å². The van der Waals surface area contributed by atoms with Crippen molar-refractivity contribution in [2.45, 2.75) is 25.4 Å². The summed E-state index contributed by atoms with van der Waals surface area (Å²) in [7, 11) is 0. The number of carbonyl (C=O) groups is 1. The summed E-state index contributed by atoms with van der Waals surface area (Å²) in [6, 6.07) is 12.8. The second-order valence-electron chi connectivity index (χ2n) is 6.88. The summed E-state index contributed by atoms with van der Waals surface area (Å²) in [5, 5.41) is 11.6. The van der Waals surface area contributed by atoms with Crippen molar-refractivity contribution in [3.8, 4) is 0 Å². The van der Waals surface area contributed by atoms with Crippen LogP contribution < -0.4 is 0 Å². The molecule has 1 aliphatic rings.